The number of aryl methyl sites for hydroxylation is 2. The van der Waals surface area contributed by atoms with E-state index in [0.29, 0.717) is 0 Å². The maximum atomic E-state index is 11.2. The topological polar surface area (TPSA) is 30.2 Å². The zero-order chi connectivity index (χ0) is 13.2. The van der Waals surface area contributed by atoms with Crippen molar-refractivity contribution in [2.75, 3.05) is 0 Å². The lowest BCUT2D eigenvalue weighted by atomic mass is 10.1. The van der Waals surface area contributed by atoms with Gasteiger partial charge in [0.25, 0.3) is 0 Å². The van der Waals surface area contributed by atoms with Crippen LogP contribution in [0.1, 0.15) is 69.6 Å². The van der Waals surface area contributed by atoms with Crippen molar-refractivity contribution in [1.82, 2.24) is 0 Å². The Hall–Kier alpha value is -1.05. The largest absolute Gasteiger partial charge is 0.428 e. The molecule has 0 spiro atoms. The van der Waals surface area contributed by atoms with Crippen LogP contribution in [0.15, 0.2) is 21.3 Å². The van der Waals surface area contributed by atoms with Crippen LogP contribution in [0, 0.1) is 6.92 Å². The molecule has 1 aromatic heterocycles. The van der Waals surface area contributed by atoms with Crippen LogP contribution in [-0.4, -0.2) is 0 Å². The van der Waals surface area contributed by atoms with Crippen LogP contribution in [0.4, 0.5) is 0 Å². The van der Waals surface area contributed by atoms with E-state index in [1.54, 1.807) is 0 Å². The van der Waals surface area contributed by atoms with Gasteiger partial charge < -0.3 is 4.42 Å². The Labute approximate surface area is 110 Å². The van der Waals surface area contributed by atoms with Crippen LogP contribution in [0.5, 0.6) is 0 Å². The van der Waals surface area contributed by atoms with Crippen molar-refractivity contribution in [3.05, 3.63) is 33.9 Å². The Balaban J connectivity index is 2.09. The van der Waals surface area contributed by atoms with Gasteiger partial charge in [-0.25, -0.2) is 4.79 Å². The molecule has 0 fully saturated rings. The minimum atomic E-state index is -0.218. The zero-order valence-electron chi connectivity index (χ0n) is 11.8. The maximum Gasteiger partial charge on any atom is 0.336 e. The van der Waals surface area contributed by atoms with Crippen molar-refractivity contribution in [2.45, 2.75) is 71.6 Å². The summed E-state index contributed by atoms with van der Waals surface area (Å²) in [5.41, 5.74) is 0.783. The van der Waals surface area contributed by atoms with Gasteiger partial charge in [0.05, 0.1) is 0 Å². The number of hydrogen-bond donors (Lipinski definition) is 0. The summed E-state index contributed by atoms with van der Waals surface area (Å²) >= 11 is 0. The van der Waals surface area contributed by atoms with Crippen LogP contribution in [-0.2, 0) is 6.42 Å². The first-order valence-electron chi connectivity index (χ1n) is 7.33. The highest BCUT2D eigenvalue weighted by Gasteiger charge is 1.99. The highest BCUT2D eigenvalue weighted by atomic mass is 16.4. The molecule has 0 atom stereocenters. The van der Waals surface area contributed by atoms with Crippen LogP contribution in [0.2, 0.25) is 0 Å². The lowest BCUT2D eigenvalue weighted by molar-refractivity contribution is 0.446. The summed E-state index contributed by atoms with van der Waals surface area (Å²) in [5.74, 6) is 0.839. The van der Waals surface area contributed by atoms with E-state index >= 15 is 0 Å². The first kappa shape index (κ1) is 15.0. The van der Waals surface area contributed by atoms with E-state index < -0.39 is 0 Å². The summed E-state index contributed by atoms with van der Waals surface area (Å²) in [4.78, 5) is 11.2. The first-order chi connectivity index (χ1) is 8.72. The van der Waals surface area contributed by atoms with Gasteiger partial charge in [-0.3, -0.25) is 0 Å². The molecule has 102 valence electrons. The average Bonchev–Trinajstić information content (AvgIpc) is 2.31. The lowest BCUT2D eigenvalue weighted by Gasteiger charge is -2.02. The zero-order valence-corrected chi connectivity index (χ0v) is 11.8. The fraction of sp³-hybridized carbons (Fsp3) is 0.688. The highest BCUT2D eigenvalue weighted by Crippen LogP contribution is 2.11. The molecule has 0 unspecified atom stereocenters. The van der Waals surface area contributed by atoms with Gasteiger partial charge in [-0.2, -0.15) is 0 Å². The van der Waals surface area contributed by atoms with E-state index in [1.165, 1.54) is 51.0 Å². The molecule has 0 radical (unpaired) electrons. The summed E-state index contributed by atoms with van der Waals surface area (Å²) in [6, 6.07) is 3.51. The molecule has 0 aliphatic rings. The third-order valence-electron chi connectivity index (χ3n) is 3.24. The summed E-state index contributed by atoms with van der Waals surface area (Å²) in [7, 11) is 0. The molecule has 2 heteroatoms. The number of hydrogen-bond acceptors (Lipinski definition) is 2. The van der Waals surface area contributed by atoms with Gasteiger partial charge in [0, 0.05) is 12.5 Å². The molecule has 0 saturated carbocycles. The van der Waals surface area contributed by atoms with Crippen LogP contribution in [0.25, 0.3) is 0 Å². The minimum Gasteiger partial charge on any atom is -0.428 e. The normalized spacial score (nSPS) is 10.8. The van der Waals surface area contributed by atoms with E-state index in [4.69, 9.17) is 4.42 Å². The van der Waals surface area contributed by atoms with Gasteiger partial charge in [-0.1, -0.05) is 51.9 Å². The third-order valence-corrected chi connectivity index (χ3v) is 3.24. The van der Waals surface area contributed by atoms with Crippen molar-refractivity contribution >= 4 is 0 Å². The van der Waals surface area contributed by atoms with E-state index in [1.807, 2.05) is 13.0 Å². The van der Waals surface area contributed by atoms with Gasteiger partial charge in [-0.05, 0) is 25.0 Å². The fourth-order valence-corrected chi connectivity index (χ4v) is 2.23. The van der Waals surface area contributed by atoms with Gasteiger partial charge >= 0.3 is 5.63 Å². The van der Waals surface area contributed by atoms with Crippen molar-refractivity contribution in [3.63, 3.8) is 0 Å². The standard InChI is InChI=1S/C16H26O2/c1-3-4-5-6-7-8-9-10-11-15-12-14(2)13-16(17)18-15/h12-13H,3-11H2,1-2H3. The van der Waals surface area contributed by atoms with E-state index in [0.717, 1.165) is 24.2 Å². The first-order valence-corrected chi connectivity index (χ1v) is 7.33. The predicted molar refractivity (Wildman–Crippen MR) is 76.0 cm³/mol. The second-order valence-corrected chi connectivity index (χ2v) is 5.14. The monoisotopic (exact) mass is 250 g/mol. The van der Waals surface area contributed by atoms with Crippen LogP contribution < -0.4 is 5.63 Å². The smallest absolute Gasteiger partial charge is 0.336 e. The van der Waals surface area contributed by atoms with E-state index in [-0.39, 0.29) is 5.63 Å². The van der Waals surface area contributed by atoms with Crippen LogP contribution >= 0.6 is 0 Å². The summed E-state index contributed by atoms with van der Waals surface area (Å²) in [6.45, 7) is 4.18. The quantitative estimate of drug-likeness (QED) is 0.598. The Morgan fingerprint density at radius 3 is 2.17 bits per heavy atom. The molecule has 0 amide bonds. The Morgan fingerprint density at radius 2 is 1.56 bits per heavy atom. The van der Waals surface area contributed by atoms with Crippen molar-refractivity contribution in [2.24, 2.45) is 0 Å². The molecular formula is C16H26O2. The predicted octanol–water partition coefficient (Wildman–Crippen LogP) is 4.63. The van der Waals surface area contributed by atoms with Gasteiger partial charge in [0.2, 0.25) is 0 Å². The number of rotatable bonds is 9. The lowest BCUT2D eigenvalue weighted by Crippen LogP contribution is -2.00. The molecule has 18 heavy (non-hydrogen) atoms. The molecule has 0 N–H and O–H groups in total. The van der Waals surface area contributed by atoms with Gasteiger partial charge in [0.1, 0.15) is 5.76 Å². The molecule has 1 aromatic rings. The molecule has 0 aromatic carbocycles. The van der Waals surface area contributed by atoms with Crippen molar-refractivity contribution in [3.8, 4) is 0 Å². The summed E-state index contributed by atoms with van der Waals surface area (Å²) in [5, 5.41) is 0. The maximum absolute atomic E-state index is 11.2. The fourth-order valence-electron chi connectivity index (χ4n) is 2.23. The van der Waals surface area contributed by atoms with E-state index in [2.05, 4.69) is 6.92 Å². The second kappa shape index (κ2) is 8.96. The Kier molecular flexibility index (Phi) is 7.47. The SMILES string of the molecule is CCCCCCCCCCc1cc(C)cc(=O)o1. The second-order valence-electron chi connectivity index (χ2n) is 5.14. The Morgan fingerprint density at radius 1 is 0.944 bits per heavy atom. The minimum absolute atomic E-state index is 0.218. The molecule has 0 bridgehead atoms. The van der Waals surface area contributed by atoms with Crippen molar-refractivity contribution in [1.29, 1.82) is 0 Å². The highest BCUT2D eigenvalue weighted by molar-refractivity contribution is 5.11. The average molecular weight is 250 g/mol. The molecule has 0 saturated heterocycles. The Bertz CT molecular complexity index is 379. The van der Waals surface area contributed by atoms with E-state index in [9.17, 15) is 4.79 Å². The van der Waals surface area contributed by atoms with Crippen LogP contribution in [0.3, 0.4) is 0 Å². The van der Waals surface area contributed by atoms with Gasteiger partial charge in [0.15, 0.2) is 0 Å². The third kappa shape index (κ3) is 6.63. The molecule has 1 heterocycles. The molecular weight excluding hydrogens is 224 g/mol. The van der Waals surface area contributed by atoms with Gasteiger partial charge in [-0.15, -0.1) is 0 Å². The molecule has 2 nitrogen and oxygen atoms in total. The molecule has 0 aliphatic carbocycles. The summed E-state index contributed by atoms with van der Waals surface area (Å²) in [6.07, 6.45) is 11.3. The number of unbranched alkanes of at least 4 members (excludes halogenated alkanes) is 7. The molecule has 1 rings (SSSR count). The molecule has 0 aliphatic heterocycles. The summed E-state index contributed by atoms with van der Waals surface area (Å²) < 4.78 is 5.16. The van der Waals surface area contributed by atoms with Crippen molar-refractivity contribution < 1.29 is 4.42 Å².